The number of rotatable bonds is 1. The highest BCUT2D eigenvalue weighted by Gasteiger charge is 2.08. The second kappa shape index (κ2) is 3.59. The monoisotopic (exact) mass is 302 g/mol. The van der Waals surface area contributed by atoms with Gasteiger partial charge >= 0.3 is 0 Å². The van der Waals surface area contributed by atoms with Crippen LogP contribution in [-0.4, -0.2) is 10.2 Å². The average Bonchev–Trinajstić information content (AvgIpc) is 2.53. The molecule has 0 saturated heterocycles. The number of halogens is 2. The number of hydrogen-bond donors (Lipinski definition) is 0. The second-order valence-electron chi connectivity index (χ2n) is 2.34. The fourth-order valence-electron chi connectivity index (χ4n) is 0.949. The number of nitrogens with zero attached hydrogens (tertiary/aromatic N) is 2. The van der Waals surface area contributed by atoms with E-state index in [0.717, 1.165) is 10.0 Å². The van der Waals surface area contributed by atoms with Gasteiger partial charge in [0.15, 0.2) is 0 Å². The molecule has 0 N–H and O–H groups in total. The molecule has 0 saturated carbocycles. The summed E-state index contributed by atoms with van der Waals surface area (Å²) >= 11 is 6.50. The van der Waals surface area contributed by atoms with E-state index in [1.807, 2.05) is 24.3 Å². The quantitative estimate of drug-likeness (QED) is 0.811. The van der Waals surface area contributed by atoms with E-state index in [4.69, 9.17) is 4.42 Å². The summed E-state index contributed by atoms with van der Waals surface area (Å²) in [5.74, 6) is 0.499. The summed E-state index contributed by atoms with van der Waals surface area (Å²) < 4.78 is 6.15. The Morgan fingerprint density at radius 2 is 1.85 bits per heavy atom. The van der Waals surface area contributed by atoms with Crippen molar-refractivity contribution in [3.05, 3.63) is 33.5 Å². The predicted octanol–water partition coefficient (Wildman–Crippen LogP) is 3.26. The number of aromatic nitrogens is 2. The lowest BCUT2D eigenvalue weighted by Crippen LogP contribution is -1.78. The predicted molar refractivity (Wildman–Crippen MR) is 55.1 cm³/mol. The topological polar surface area (TPSA) is 38.9 Å². The van der Waals surface area contributed by atoms with E-state index < -0.39 is 0 Å². The Morgan fingerprint density at radius 3 is 2.46 bits per heavy atom. The van der Waals surface area contributed by atoms with Crippen molar-refractivity contribution in [3.8, 4) is 11.5 Å². The smallest absolute Gasteiger partial charge is 0.285 e. The minimum Gasteiger partial charge on any atom is -0.411 e. The molecule has 5 heteroatoms. The van der Waals surface area contributed by atoms with Gasteiger partial charge in [0.1, 0.15) is 0 Å². The van der Waals surface area contributed by atoms with Crippen LogP contribution in [0.2, 0.25) is 0 Å². The molecule has 0 fully saturated rings. The molecule has 13 heavy (non-hydrogen) atoms. The summed E-state index contributed by atoms with van der Waals surface area (Å²) in [7, 11) is 0. The molecule has 0 radical (unpaired) electrons. The van der Waals surface area contributed by atoms with Gasteiger partial charge in [-0.15, -0.1) is 10.2 Å². The Morgan fingerprint density at radius 1 is 1.08 bits per heavy atom. The molecule has 0 bridgehead atoms. The van der Waals surface area contributed by atoms with Crippen molar-refractivity contribution < 1.29 is 4.42 Å². The van der Waals surface area contributed by atoms with E-state index in [1.54, 1.807) is 0 Å². The minimum atomic E-state index is 0.387. The standard InChI is InChI=1S/C8H4Br2N2O/c9-6-4-2-1-3-5(6)7-11-12-8(10)13-7/h1-4H. The average molecular weight is 304 g/mol. The first-order valence-electron chi connectivity index (χ1n) is 3.51. The van der Waals surface area contributed by atoms with Crippen molar-refractivity contribution in [2.75, 3.05) is 0 Å². The van der Waals surface area contributed by atoms with Gasteiger partial charge < -0.3 is 4.42 Å². The van der Waals surface area contributed by atoms with Crippen molar-refractivity contribution >= 4 is 31.9 Å². The zero-order valence-electron chi connectivity index (χ0n) is 6.37. The van der Waals surface area contributed by atoms with Crippen LogP contribution < -0.4 is 0 Å². The van der Waals surface area contributed by atoms with Gasteiger partial charge in [0, 0.05) is 20.4 Å². The van der Waals surface area contributed by atoms with Crippen molar-refractivity contribution in [2.24, 2.45) is 0 Å². The molecular weight excluding hydrogens is 300 g/mol. The SMILES string of the molecule is Brc1nnc(-c2ccccc2Br)o1. The minimum absolute atomic E-state index is 0.387. The lowest BCUT2D eigenvalue weighted by molar-refractivity contribution is 0.540. The van der Waals surface area contributed by atoms with Crippen LogP contribution in [0.4, 0.5) is 0 Å². The Hall–Kier alpha value is -0.680. The van der Waals surface area contributed by atoms with Crippen molar-refractivity contribution in [1.82, 2.24) is 10.2 Å². The van der Waals surface area contributed by atoms with E-state index in [2.05, 4.69) is 42.1 Å². The van der Waals surface area contributed by atoms with Gasteiger partial charge in [-0.1, -0.05) is 12.1 Å². The van der Waals surface area contributed by atoms with Gasteiger partial charge in [-0.2, -0.15) is 0 Å². The first kappa shape index (κ1) is 8.90. The normalized spacial score (nSPS) is 10.3. The molecule has 1 aromatic carbocycles. The van der Waals surface area contributed by atoms with Gasteiger partial charge in [0.2, 0.25) is 5.89 Å². The molecule has 2 rings (SSSR count). The maximum absolute atomic E-state index is 5.21. The Bertz CT molecular complexity index is 428. The van der Waals surface area contributed by atoms with Crippen molar-refractivity contribution in [2.45, 2.75) is 0 Å². The first-order chi connectivity index (χ1) is 6.27. The van der Waals surface area contributed by atoms with Crippen molar-refractivity contribution in [1.29, 1.82) is 0 Å². The summed E-state index contributed by atoms with van der Waals surface area (Å²) in [4.78, 5) is 0.387. The van der Waals surface area contributed by atoms with Crippen LogP contribution >= 0.6 is 31.9 Å². The van der Waals surface area contributed by atoms with Gasteiger partial charge in [0.05, 0.1) is 5.56 Å². The Labute approximate surface area is 91.4 Å². The molecule has 0 aliphatic heterocycles. The second-order valence-corrected chi connectivity index (χ2v) is 3.87. The molecule has 0 unspecified atom stereocenters. The zero-order valence-corrected chi connectivity index (χ0v) is 9.54. The molecule has 1 heterocycles. The van der Waals surface area contributed by atoms with E-state index in [0.29, 0.717) is 10.7 Å². The van der Waals surface area contributed by atoms with Gasteiger partial charge in [-0.05, 0) is 28.1 Å². The highest BCUT2D eigenvalue weighted by molar-refractivity contribution is 9.10. The third-order valence-corrected chi connectivity index (χ3v) is 2.52. The molecule has 0 aliphatic rings. The fourth-order valence-corrected chi connectivity index (χ4v) is 1.64. The highest BCUT2D eigenvalue weighted by atomic mass is 79.9. The summed E-state index contributed by atoms with van der Waals surface area (Å²) in [6.07, 6.45) is 0. The van der Waals surface area contributed by atoms with Crippen LogP contribution in [0.1, 0.15) is 0 Å². The Balaban J connectivity index is 2.52. The molecule has 1 aromatic heterocycles. The van der Waals surface area contributed by atoms with Crippen LogP contribution in [0.3, 0.4) is 0 Å². The van der Waals surface area contributed by atoms with Gasteiger partial charge in [0.25, 0.3) is 4.80 Å². The van der Waals surface area contributed by atoms with E-state index in [9.17, 15) is 0 Å². The summed E-state index contributed by atoms with van der Waals surface area (Å²) in [6, 6.07) is 7.68. The van der Waals surface area contributed by atoms with E-state index in [1.165, 1.54) is 0 Å². The molecule has 0 amide bonds. The lowest BCUT2D eigenvalue weighted by atomic mass is 10.2. The molecule has 3 nitrogen and oxygen atoms in total. The van der Waals surface area contributed by atoms with Gasteiger partial charge in [-0.3, -0.25) is 0 Å². The number of hydrogen-bond acceptors (Lipinski definition) is 3. The number of benzene rings is 1. The molecule has 0 spiro atoms. The summed E-state index contributed by atoms with van der Waals surface area (Å²) in [6.45, 7) is 0. The molecular formula is C8H4Br2N2O. The van der Waals surface area contributed by atoms with Crippen LogP contribution in [0.15, 0.2) is 38.0 Å². The maximum atomic E-state index is 5.21. The molecule has 0 aliphatic carbocycles. The van der Waals surface area contributed by atoms with Gasteiger partial charge in [-0.25, -0.2) is 0 Å². The fraction of sp³-hybridized carbons (Fsp3) is 0. The Kier molecular flexibility index (Phi) is 2.46. The zero-order chi connectivity index (χ0) is 9.26. The highest BCUT2D eigenvalue weighted by Crippen LogP contribution is 2.27. The van der Waals surface area contributed by atoms with E-state index >= 15 is 0 Å². The molecule has 0 atom stereocenters. The maximum Gasteiger partial charge on any atom is 0.285 e. The first-order valence-corrected chi connectivity index (χ1v) is 5.10. The summed E-state index contributed by atoms with van der Waals surface area (Å²) in [5.41, 5.74) is 0.890. The molecule has 2 aromatic rings. The largest absolute Gasteiger partial charge is 0.411 e. The molecule has 66 valence electrons. The lowest BCUT2D eigenvalue weighted by Gasteiger charge is -1.96. The van der Waals surface area contributed by atoms with Crippen molar-refractivity contribution in [3.63, 3.8) is 0 Å². The van der Waals surface area contributed by atoms with E-state index in [-0.39, 0.29) is 0 Å². The van der Waals surface area contributed by atoms with Crippen LogP contribution in [0.5, 0.6) is 0 Å². The van der Waals surface area contributed by atoms with Crippen LogP contribution in [0.25, 0.3) is 11.5 Å². The van der Waals surface area contributed by atoms with Crippen LogP contribution in [0, 0.1) is 0 Å². The summed E-state index contributed by atoms with van der Waals surface area (Å²) in [5, 5.41) is 7.57. The van der Waals surface area contributed by atoms with Crippen LogP contribution in [-0.2, 0) is 0 Å². The third kappa shape index (κ3) is 1.81. The third-order valence-electron chi connectivity index (χ3n) is 1.50.